The number of nitrogens with one attached hydrogen (secondary N) is 1. The van der Waals surface area contributed by atoms with E-state index in [1.54, 1.807) is 0 Å². The molecular formula is C13H21N3O. The van der Waals surface area contributed by atoms with Crippen LogP contribution in [0.4, 0.5) is 0 Å². The highest BCUT2D eigenvalue weighted by Gasteiger charge is 2.23. The minimum absolute atomic E-state index is 0.729. The molecule has 0 radical (unpaired) electrons. The Hall–Kier alpha value is -0.870. The van der Waals surface area contributed by atoms with E-state index in [0.29, 0.717) is 0 Å². The standard InChI is InChI=1S/C13H21N3O/c1-16(8-10-2-3-10)9-13-6-12(15-17-13)7-14-11-4-5-11/h6,10-11,14H,2-5,7-9H2,1H3. The van der Waals surface area contributed by atoms with E-state index < -0.39 is 0 Å². The maximum absolute atomic E-state index is 5.36. The molecular weight excluding hydrogens is 214 g/mol. The van der Waals surface area contributed by atoms with Gasteiger partial charge in [-0.2, -0.15) is 0 Å². The Morgan fingerprint density at radius 1 is 1.41 bits per heavy atom. The van der Waals surface area contributed by atoms with Crippen LogP contribution in [-0.2, 0) is 13.1 Å². The Balaban J connectivity index is 1.44. The highest BCUT2D eigenvalue weighted by molar-refractivity contribution is 5.05. The van der Waals surface area contributed by atoms with E-state index in [0.717, 1.165) is 36.5 Å². The molecule has 0 unspecified atom stereocenters. The van der Waals surface area contributed by atoms with E-state index in [1.807, 2.05) is 0 Å². The third-order valence-corrected chi connectivity index (χ3v) is 3.45. The summed E-state index contributed by atoms with van der Waals surface area (Å²) in [6.45, 7) is 2.92. The van der Waals surface area contributed by atoms with Gasteiger partial charge in [0, 0.05) is 25.2 Å². The number of nitrogens with zero attached hydrogens (tertiary/aromatic N) is 2. The topological polar surface area (TPSA) is 41.3 Å². The van der Waals surface area contributed by atoms with Crippen LogP contribution in [0, 0.1) is 5.92 Å². The molecule has 2 aliphatic carbocycles. The second kappa shape index (κ2) is 4.78. The lowest BCUT2D eigenvalue weighted by molar-refractivity contribution is 0.263. The lowest BCUT2D eigenvalue weighted by Crippen LogP contribution is -2.20. The van der Waals surface area contributed by atoms with E-state index in [9.17, 15) is 0 Å². The normalized spacial score (nSPS) is 20.1. The summed E-state index contributed by atoms with van der Waals surface area (Å²) < 4.78 is 5.36. The van der Waals surface area contributed by atoms with E-state index in [1.165, 1.54) is 32.2 Å². The third-order valence-electron chi connectivity index (χ3n) is 3.45. The predicted octanol–water partition coefficient (Wildman–Crippen LogP) is 1.77. The molecule has 17 heavy (non-hydrogen) atoms. The summed E-state index contributed by atoms with van der Waals surface area (Å²) >= 11 is 0. The van der Waals surface area contributed by atoms with Gasteiger partial charge >= 0.3 is 0 Å². The number of hydrogen-bond donors (Lipinski definition) is 1. The van der Waals surface area contributed by atoms with E-state index in [4.69, 9.17) is 4.52 Å². The van der Waals surface area contributed by atoms with Crippen LogP contribution < -0.4 is 5.32 Å². The molecule has 2 saturated carbocycles. The van der Waals surface area contributed by atoms with Gasteiger partial charge in [0.2, 0.25) is 0 Å². The van der Waals surface area contributed by atoms with Gasteiger partial charge in [0.1, 0.15) is 0 Å². The third kappa shape index (κ3) is 3.54. The summed E-state index contributed by atoms with van der Waals surface area (Å²) in [5.41, 5.74) is 1.03. The molecule has 0 atom stereocenters. The second-order valence-corrected chi connectivity index (χ2v) is 5.58. The van der Waals surface area contributed by atoms with Crippen LogP contribution in [0.3, 0.4) is 0 Å². The van der Waals surface area contributed by atoms with Gasteiger partial charge in [0.25, 0.3) is 0 Å². The molecule has 4 nitrogen and oxygen atoms in total. The van der Waals surface area contributed by atoms with Crippen LogP contribution in [0.25, 0.3) is 0 Å². The SMILES string of the molecule is CN(Cc1cc(CNC2CC2)no1)CC1CC1. The van der Waals surface area contributed by atoms with Crippen molar-refractivity contribution in [3.05, 3.63) is 17.5 Å². The van der Waals surface area contributed by atoms with E-state index in [2.05, 4.69) is 28.5 Å². The van der Waals surface area contributed by atoms with Gasteiger partial charge in [-0.3, -0.25) is 4.90 Å². The summed E-state index contributed by atoms with van der Waals surface area (Å²) in [5, 5.41) is 7.55. The smallest absolute Gasteiger partial charge is 0.151 e. The average Bonchev–Trinajstić information content (AvgIpc) is 3.19. The van der Waals surface area contributed by atoms with Gasteiger partial charge in [0.05, 0.1) is 12.2 Å². The van der Waals surface area contributed by atoms with Crippen molar-refractivity contribution in [3.8, 4) is 0 Å². The number of hydrogen-bond acceptors (Lipinski definition) is 4. The fraction of sp³-hybridized carbons (Fsp3) is 0.769. The Bertz CT molecular complexity index is 368. The Kier molecular flexibility index (Phi) is 3.16. The minimum atomic E-state index is 0.729. The molecule has 3 rings (SSSR count). The molecule has 0 saturated heterocycles. The van der Waals surface area contributed by atoms with Crippen LogP contribution in [0.1, 0.15) is 37.1 Å². The van der Waals surface area contributed by atoms with Crippen molar-refractivity contribution in [1.29, 1.82) is 0 Å². The van der Waals surface area contributed by atoms with Crippen LogP contribution in [0.2, 0.25) is 0 Å². The zero-order valence-electron chi connectivity index (χ0n) is 10.5. The number of rotatable bonds is 7. The van der Waals surface area contributed by atoms with Crippen molar-refractivity contribution in [2.24, 2.45) is 5.92 Å². The highest BCUT2D eigenvalue weighted by atomic mass is 16.5. The van der Waals surface area contributed by atoms with E-state index >= 15 is 0 Å². The van der Waals surface area contributed by atoms with Crippen molar-refractivity contribution in [2.45, 2.75) is 44.8 Å². The van der Waals surface area contributed by atoms with Crippen LogP contribution in [-0.4, -0.2) is 29.7 Å². The molecule has 0 spiro atoms. The van der Waals surface area contributed by atoms with E-state index in [-0.39, 0.29) is 0 Å². The first-order valence-corrected chi connectivity index (χ1v) is 6.66. The van der Waals surface area contributed by atoms with Crippen LogP contribution >= 0.6 is 0 Å². The van der Waals surface area contributed by atoms with Gasteiger partial charge in [0.15, 0.2) is 5.76 Å². The average molecular weight is 235 g/mol. The first kappa shape index (κ1) is 11.2. The maximum atomic E-state index is 5.36. The second-order valence-electron chi connectivity index (χ2n) is 5.58. The van der Waals surface area contributed by atoms with Crippen molar-refractivity contribution in [3.63, 3.8) is 0 Å². The molecule has 0 amide bonds. The molecule has 94 valence electrons. The number of aromatic nitrogens is 1. The fourth-order valence-electron chi connectivity index (χ4n) is 2.12. The summed E-state index contributed by atoms with van der Waals surface area (Å²) in [4.78, 5) is 2.33. The van der Waals surface area contributed by atoms with Gasteiger partial charge in [-0.25, -0.2) is 0 Å². The highest BCUT2D eigenvalue weighted by Crippen LogP contribution is 2.29. The lowest BCUT2D eigenvalue weighted by Gasteiger charge is -2.13. The molecule has 0 aliphatic heterocycles. The first-order valence-electron chi connectivity index (χ1n) is 6.66. The molecule has 1 aromatic heterocycles. The summed E-state index contributed by atoms with van der Waals surface area (Å²) in [6, 6.07) is 2.81. The van der Waals surface area contributed by atoms with Gasteiger partial charge in [-0.1, -0.05) is 5.16 Å². The minimum Gasteiger partial charge on any atom is -0.360 e. The molecule has 0 bridgehead atoms. The van der Waals surface area contributed by atoms with Crippen molar-refractivity contribution in [2.75, 3.05) is 13.6 Å². The fourth-order valence-corrected chi connectivity index (χ4v) is 2.12. The summed E-state index contributed by atoms with van der Waals surface area (Å²) in [6.07, 6.45) is 5.43. The zero-order chi connectivity index (χ0) is 11.7. The molecule has 2 aliphatic rings. The maximum Gasteiger partial charge on any atom is 0.151 e. The molecule has 1 N–H and O–H groups in total. The largest absolute Gasteiger partial charge is 0.360 e. The zero-order valence-corrected chi connectivity index (χ0v) is 10.5. The van der Waals surface area contributed by atoms with Gasteiger partial charge in [-0.05, 0) is 38.6 Å². The van der Waals surface area contributed by atoms with Crippen molar-refractivity contribution in [1.82, 2.24) is 15.4 Å². The monoisotopic (exact) mass is 235 g/mol. The quantitative estimate of drug-likeness (QED) is 0.782. The predicted molar refractivity (Wildman–Crippen MR) is 65.4 cm³/mol. The molecule has 0 aromatic carbocycles. The summed E-state index contributed by atoms with van der Waals surface area (Å²) in [5.74, 6) is 1.92. The lowest BCUT2D eigenvalue weighted by atomic mass is 10.3. The Morgan fingerprint density at radius 2 is 2.24 bits per heavy atom. The van der Waals surface area contributed by atoms with Crippen LogP contribution in [0.15, 0.2) is 10.6 Å². The molecule has 4 heteroatoms. The van der Waals surface area contributed by atoms with Crippen LogP contribution in [0.5, 0.6) is 0 Å². The molecule has 1 aromatic rings. The Labute approximate surface area is 102 Å². The molecule has 2 fully saturated rings. The van der Waals surface area contributed by atoms with Crippen molar-refractivity contribution >= 4 is 0 Å². The van der Waals surface area contributed by atoms with Gasteiger partial charge < -0.3 is 9.84 Å². The first-order chi connectivity index (χ1) is 8.29. The van der Waals surface area contributed by atoms with Gasteiger partial charge in [-0.15, -0.1) is 0 Å². The van der Waals surface area contributed by atoms with Crippen molar-refractivity contribution < 1.29 is 4.52 Å². The Morgan fingerprint density at radius 3 is 2.94 bits per heavy atom. The molecule has 1 heterocycles. The summed E-state index contributed by atoms with van der Waals surface area (Å²) in [7, 11) is 2.16.